The first-order chi connectivity index (χ1) is 40.6. The predicted molar refractivity (Wildman–Crippen MR) is 330 cm³/mol. The highest BCUT2D eigenvalue weighted by atomic mass is 15.3. The quantitative estimate of drug-likeness (QED) is 0.125. The van der Waals surface area contributed by atoms with Crippen molar-refractivity contribution in [1.29, 1.82) is 5.26 Å². The van der Waals surface area contributed by atoms with Gasteiger partial charge in [-0.1, -0.05) is 218 Å². The van der Waals surface area contributed by atoms with E-state index >= 15 is 0 Å². The third kappa shape index (κ3) is 9.28. The highest BCUT2D eigenvalue weighted by Gasteiger charge is 2.35. The highest BCUT2D eigenvalue weighted by molar-refractivity contribution is 6.07. The van der Waals surface area contributed by atoms with E-state index < -0.39 is 0 Å². The molecule has 9 nitrogen and oxygen atoms in total. The summed E-state index contributed by atoms with van der Waals surface area (Å²) in [4.78, 5) is 37.2. The number of anilines is 6. The predicted octanol–water partition coefficient (Wildman–Crippen LogP) is 18.2. The van der Waals surface area contributed by atoms with Crippen LogP contribution in [0.5, 0.6) is 0 Å². The third-order valence-electron chi connectivity index (χ3n) is 14.7. The molecule has 0 spiro atoms. The molecule has 0 amide bonds. The van der Waals surface area contributed by atoms with Gasteiger partial charge in [0.2, 0.25) is 5.95 Å². The molecule has 0 atom stereocenters. The van der Waals surface area contributed by atoms with Gasteiger partial charge in [0.25, 0.3) is 0 Å². The van der Waals surface area contributed by atoms with E-state index in [1.807, 2.05) is 146 Å². The van der Waals surface area contributed by atoms with Crippen LogP contribution in [0.25, 0.3) is 101 Å². The Labute approximate surface area is 475 Å². The molecule has 0 bridgehead atoms. The Bertz CT molecular complexity index is 4280. The van der Waals surface area contributed by atoms with E-state index in [4.69, 9.17) is 29.9 Å². The number of aromatic nitrogens is 6. The van der Waals surface area contributed by atoms with Gasteiger partial charge in [-0.05, 0) is 72.3 Å². The number of nitrogens with zero attached hydrogens (tertiary/aromatic N) is 9. The van der Waals surface area contributed by atoms with E-state index in [9.17, 15) is 5.26 Å². The minimum atomic E-state index is 0.517. The number of benzene rings is 10. The molecule has 0 saturated carbocycles. The van der Waals surface area contributed by atoms with Crippen molar-refractivity contribution >= 4 is 34.4 Å². The second-order valence-electron chi connectivity index (χ2n) is 19.8. The molecular weight excluding hydrogens is 1000 g/mol. The lowest BCUT2D eigenvalue weighted by atomic mass is 9.88. The lowest BCUT2D eigenvalue weighted by molar-refractivity contribution is 1.06. The third-order valence-corrected chi connectivity index (χ3v) is 14.7. The number of nitriles is 1. The Kier molecular flexibility index (Phi) is 12.8. The zero-order valence-electron chi connectivity index (χ0n) is 44.2. The van der Waals surface area contributed by atoms with Crippen LogP contribution in [0, 0.1) is 11.3 Å². The summed E-state index contributed by atoms with van der Waals surface area (Å²) < 4.78 is 0. The largest absolute Gasteiger partial charge is 0.306 e. The van der Waals surface area contributed by atoms with Crippen LogP contribution in [0.2, 0.25) is 0 Å². The van der Waals surface area contributed by atoms with Gasteiger partial charge >= 0.3 is 0 Å². The number of hydrogen-bond acceptors (Lipinski definition) is 9. The summed E-state index contributed by atoms with van der Waals surface area (Å²) in [6, 6.07) is 98.9. The average molecular weight is 1050 g/mol. The van der Waals surface area contributed by atoms with Crippen LogP contribution in [0.15, 0.2) is 285 Å². The monoisotopic (exact) mass is 1050 g/mol. The first kappa shape index (κ1) is 48.9. The fourth-order valence-electron chi connectivity index (χ4n) is 10.8. The first-order valence-electron chi connectivity index (χ1n) is 27.1. The lowest BCUT2D eigenvalue weighted by Gasteiger charge is -2.40. The van der Waals surface area contributed by atoms with Crippen molar-refractivity contribution < 1.29 is 0 Å². The molecule has 1 aliphatic heterocycles. The van der Waals surface area contributed by atoms with E-state index in [2.05, 4.69) is 155 Å². The fraction of sp³-hybridized carbons (Fsp3) is 0. The van der Waals surface area contributed by atoms with Crippen LogP contribution in [-0.4, -0.2) is 29.9 Å². The standard InChI is InChI=1S/C73H47N9/c74-48-49-39-41-55(42-40-49)69-57(72-76-58(50-23-7-1-8-24-50)45-59(77-72)51-25-9-2-10-26-51)43-44-68(70(69)63-47-60(52-27-11-3-12-28-52)75-71(78-63)56-33-17-6-18-34-56)81-64-35-19-21-37-66(64)82(67-38-22-20-36-65(67)81)73-79-61(53-29-13-4-14-30-53)46-62(80-73)54-31-15-5-16-32-54/h1-47H. The minimum Gasteiger partial charge on any atom is -0.306 e. The maximum absolute atomic E-state index is 10.3. The van der Waals surface area contributed by atoms with Crippen LogP contribution < -0.4 is 9.80 Å². The van der Waals surface area contributed by atoms with Crippen molar-refractivity contribution in [2.45, 2.75) is 0 Å². The van der Waals surface area contributed by atoms with Crippen molar-refractivity contribution in [3.63, 3.8) is 0 Å². The molecule has 1 aliphatic rings. The van der Waals surface area contributed by atoms with Gasteiger partial charge in [0, 0.05) is 50.1 Å². The molecule has 0 saturated heterocycles. The Morgan fingerprint density at radius 1 is 0.256 bits per heavy atom. The summed E-state index contributed by atoms with van der Waals surface area (Å²) in [6.45, 7) is 0. The number of hydrogen-bond donors (Lipinski definition) is 0. The minimum absolute atomic E-state index is 0.517. The van der Waals surface area contributed by atoms with Gasteiger partial charge in [-0.25, -0.2) is 29.9 Å². The van der Waals surface area contributed by atoms with E-state index in [0.717, 1.165) is 113 Å². The Morgan fingerprint density at radius 3 is 1.01 bits per heavy atom. The van der Waals surface area contributed by atoms with Crippen molar-refractivity contribution in [2.75, 3.05) is 9.80 Å². The van der Waals surface area contributed by atoms with Crippen molar-refractivity contribution in [3.8, 4) is 108 Å². The normalized spacial score (nSPS) is 11.6. The van der Waals surface area contributed by atoms with Gasteiger partial charge in [0.05, 0.1) is 74.2 Å². The summed E-state index contributed by atoms with van der Waals surface area (Å²) in [6.07, 6.45) is 0. The van der Waals surface area contributed by atoms with E-state index in [0.29, 0.717) is 28.9 Å². The summed E-state index contributed by atoms with van der Waals surface area (Å²) in [5, 5.41) is 10.3. The molecule has 13 aromatic rings. The molecular formula is C73H47N9. The number of para-hydroxylation sites is 4. The average Bonchev–Trinajstić information content (AvgIpc) is 2.51. The lowest BCUT2D eigenvalue weighted by Crippen LogP contribution is -2.26. The molecule has 4 heterocycles. The summed E-state index contributed by atoms with van der Waals surface area (Å²) in [5.74, 6) is 1.60. The number of fused-ring (bicyclic) bond motifs is 2. The van der Waals surface area contributed by atoms with Crippen molar-refractivity contribution in [3.05, 3.63) is 291 Å². The zero-order valence-corrected chi connectivity index (χ0v) is 44.2. The molecule has 0 fully saturated rings. The molecule has 0 unspecified atom stereocenters. The van der Waals surface area contributed by atoms with Crippen molar-refractivity contribution in [2.24, 2.45) is 0 Å². The summed E-state index contributed by atoms with van der Waals surface area (Å²) in [5.41, 5.74) is 18.3. The molecule has 10 aromatic carbocycles. The van der Waals surface area contributed by atoms with Gasteiger partial charge in [-0.15, -0.1) is 0 Å². The van der Waals surface area contributed by atoms with Crippen LogP contribution >= 0.6 is 0 Å². The molecule has 14 rings (SSSR count). The number of rotatable bonds is 11. The molecule has 0 N–H and O–H groups in total. The van der Waals surface area contributed by atoms with E-state index in [1.165, 1.54) is 0 Å². The fourth-order valence-corrected chi connectivity index (χ4v) is 10.8. The SMILES string of the molecule is N#Cc1ccc(-c2c(-c3nc(-c4ccccc4)cc(-c4ccccc4)n3)ccc(N3c4ccccc4N(c4nc(-c5ccccc5)cc(-c5ccccc5)n4)c4ccccc43)c2-c2cc(-c3ccccc3)nc(-c3ccccc3)n2)cc1. The Hall–Kier alpha value is -11.5. The maximum Gasteiger partial charge on any atom is 0.235 e. The second-order valence-corrected chi connectivity index (χ2v) is 19.8. The van der Waals surface area contributed by atoms with Crippen LogP contribution in [0.3, 0.4) is 0 Å². The van der Waals surface area contributed by atoms with Crippen LogP contribution in [0.1, 0.15) is 5.56 Å². The van der Waals surface area contributed by atoms with Crippen LogP contribution in [-0.2, 0) is 0 Å². The maximum atomic E-state index is 10.3. The highest BCUT2D eigenvalue weighted by Crippen LogP contribution is 2.57. The molecule has 0 aliphatic carbocycles. The second kappa shape index (κ2) is 21.4. The zero-order chi connectivity index (χ0) is 54.8. The molecule has 82 heavy (non-hydrogen) atoms. The van der Waals surface area contributed by atoms with Gasteiger partial charge < -0.3 is 4.90 Å². The molecule has 0 radical (unpaired) electrons. The van der Waals surface area contributed by atoms with E-state index in [-0.39, 0.29) is 0 Å². The van der Waals surface area contributed by atoms with Gasteiger partial charge in [0.1, 0.15) is 0 Å². The van der Waals surface area contributed by atoms with Gasteiger partial charge in [-0.3, -0.25) is 4.90 Å². The Balaban J connectivity index is 1.08. The van der Waals surface area contributed by atoms with E-state index in [1.54, 1.807) is 0 Å². The van der Waals surface area contributed by atoms with Crippen molar-refractivity contribution in [1.82, 2.24) is 29.9 Å². The van der Waals surface area contributed by atoms with Crippen LogP contribution in [0.4, 0.5) is 34.4 Å². The summed E-state index contributed by atoms with van der Waals surface area (Å²) in [7, 11) is 0. The van der Waals surface area contributed by atoms with Gasteiger partial charge in [-0.2, -0.15) is 5.26 Å². The molecule has 3 aromatic heterocycles. The molecule has 384 valence electrons. The summed E-state index contributed by atoms with van der Waals surface area (Å²) >= 11 is 0. The topological polar surface area (TPSA) is 108 Å². The Morgan fingerprint density at radius 2 is 0.598 bits per heavy atom. The van der Waals surface area contributed by atoms with Gasteiger partial charge in [0.15, 0.2) is 11.6 Å². The molecule has 9 heteroatoms. The first-order valence-corrected chi connectivity index (χ1v) is 27.1. The smallest absolute Gasteiger partial charge is 0.235 e.